The molecule has 1 aliphatic rings. The lowest BCUT2D eigenvalue weighted by Crippen LogP contribution is -2.44. The van der Waals surface area contributed by atoms with Crippen LogP contribution in [0.15, 0.2) is 24.3 Å². The van der Waals surface area contributed by atoms with Gasteiger partial charge in [-0.15, -0.1) is 0 Å². The average molecular weight is 258 g/mol. The molecule has 2 atom stereocenters. The fourth-order valence-corrected chi connectivity index (χ4v) is 2.58. The van der Waals surface area contributed by atoms with Crippen molar-refractivity contribution in [2.45, 2.75) is 32.6 Å². The van der Waals surface area contributed by atoms with E-state index in [1.54, 1.807) is 0 Å². The van der Waals surface area contributed by atoms with Gasteiger partial charge in [-0.2, -0.15) is 0 Å². The second-order valence-electron chi connectivity index (χ2n) is 5.11. The molecule has 102 valence electrons. The second-order valence-corrected chi connectivity index (χ2v) is 5.11. The third kappa shape index (κ3) is 4.07. The fraction of sp³-hybridized carbons (Fsp3) is 0.500. The topological polar surface area (TPSA) is 38.5 Å². The van der Waals surface area contributed by atoms with Crippen molar-refractivity contribution < 1.29 is 4.74 Å². The Morgan fingerprint density at radius 2 is 1.95 bits per heavy atom. The third-order valence-corrected chi connectivity index (χ3v) is 3.23. The minimum atomic E-state index is 0.297. The Bertz CT molecular complexity index is 465. The Hall–Kier alpha value is -1.34. The van der Waals surface area contributed by atoms with E-state index in [1.165, 1.54) is 5.56 Å². The van der Waals surface area contributed by atoms with Gasteiger partial charge in [-0.3, -0.25) is 4.90 Å². The highest BCUT2D eigenvalue weighted by atomic mass is 16.5. The van der Waals surface area contributed by atoms with Crippen LogP contribution in [0.1, 0.15) is 25.0 Å². The maximum absolute atomic E-state index is 5.76. The monoisotopic (exact) mass is 258 g/mol. The molecule has 1 aromatic rings. The van der Waals surface area contributed by atoms with Gasteiger partial charge in [0, 0.05) is 25.2 Å². The van der Waals surface area contributed by atoms with Gasteiger partial charge in [-0.25, -0.2) is 0 Å². The Morgan fingerprint density at radius 3 is 2.63 bits per heavy atom. The Labute approximate surface area is 115 Å². The van der Waals surface area contributed by atoms with Crippen molar-refractivity contribution >= 4 is 0 Å². The molecule has 3 heteroatoms. The average Bonchev–Trinajstić information content (AvgIpc) is 2.36. The molecule has 0 aliphatic carbocycles. The zero-order chi connectivity index (χ0) is 13.7. The molecule has 19 heavy (non-hydrogen) atoms. The number of nitrogens with two attached hydrogens (primary N) is 1. The van der Waals surface area contributed by atoms with Crippen LogP contribution in [0.25, 0.3) is 0 Å². The molecule has 3 nitrogen and oxygen atoms in total. The summed E-state index contributed by atoms with van der Waals surface area (Å²) in [6, 6.07) is 8.29. The predicted octanol–water partition coefficient (Wildman–Crippen LogP) is 1.61. The van der Waals surface area contributed by atoms with Gasteiger partial charge in [0.05, 0.1) is 18.8 Å². The van der Waals surface area contributed by atoms with Gasteiger partial charge in [-0.1, -0.05) is 30.0 Å². The largest absolute Gasteiger partial charge is 0.373 e. The van der Waals surface area contributed by atoms with Crippen molar-refractivity contribution in [3.63, 3.8) is 0 Å². The van der Waals surface area contributed by atoms with Crippen LogP contribution >= 0.6 is 0 Å². The van der Waals surface area contributed by atoms with Gasteiger partial charge < -0.3 is 10.5 Å². The van der Waals surface area contributed by atoms with E-state index in [4.69, 9.17) is 10.5 Å². The molecule has 1 heterocycles. The molecule has 1 saturated heterocycles. The van der Waals surface area contributed by atoms with Gasteiger partial charge in [0.2, 0.25) is 0 Å². The molecule has 0 amide bonds. The Balaban J connectivity index is 2.10. The fourth-order valence-electron chi connectivity index (χ4n) is 2.58. The molecule has 0 spiro atoms. The maximum atomic E-state index is 5.76. The van der Waals surface area contributed by atoms with E-state index in [1.807, 2.05) is 6.07 Å². The molecule has 2 N–H and O–H groups in total. The molecule has 0 saturated carbocycles. The van der Waals surface area contributed by atoms with Crippen molar-refractivity contribution in [2.75, 3.05) is 19.6 Å². The van der Waals surface area contributed by atoms with E-state index in [9.17, 15) is 0 Å². The number of hydrogen-bond acceptors (Lipinski definition) is 3. The molecule has 2 rings (SSSR count). The van der Waals surface area contributed by atoms with Crippen LogP contribution in [0, 0.1) is 11.8 Å². The van der Waals surface area contributed by atoms with Crippen molar-refractivity contribution in [3.8, 4) is 11.8 Å². The van der Waals surface area contributed by atoms with E-state index in [0.717, 1.165) is 25.2 Å². The van der Waals surface area contributed by atoms with Crippen LogP contribution in [0.4, 0.5) is 0 Å². The standard InChI is InChI=1S/C16H22N2O/c1-13-10-18(11-14(2)19-13)12-16-7-4-3-6-15(16)8-5-9-17/h3-4,6-7,13-14H,9-12,17H2,1-2H3/t13-,14+. The highest BCUT2D eigenvalue weighted by molar-refractivity contribution is 5.41. The summed E-state index contributed by atoms with van der Waals surface area (Å²) >= 11 is 0. The molecule has 0 unspecified atom stereocenters. The van der Waals surface area contributed by atoms with Crippen LogP contribution in [0.3, 0.4) is 0 Å². The van der Waals surface area contributed by atoms with Gasteiger partial charge in [0.1, 0.15) is 0 Å². The zero-order valence-corrected chi connectivity index (χ0v) is 11.7. The summed E-state index contributed by atoms with van der Waals surface area (Å²) in [7, 11) is 0. The van der Waals surface area contributed by atoms with E-state index in [-0.39, 0.29) is 0 Å². The minimum Gasteiger partial charge on any atom is -0.373 e. The summed E-state index contributed by atoms with van der Waals surface area (Å²) in [6.45, 7) is 7.53. The molecule has 0 radical (unpaired) electrons. The van der Waals surface area contributed by atoms with E-state index < -0.39 is 0 Å². The number of rotatable bonds is 2. The number of ether oxygens (including phenoxy) is 1. The van der Waals surface area contributed by atoms with E-state index >= 15 is 0 Å². The molecular weight excluding hydrogens is 236 g/mol. The zero-order valence-electron chi connectivity index (χ0n) is 11.7. The maximum Gasteiger partial charge on any atom is 0.0678 e. The third-order valence-electron chi connectivity index (χ3n) is 3.23. The number of nitrogens with zero attached hydrogens (tertiary/aromatic N) is 1. The molecule has 0 aromatic heterocycles. The summed E-state index contributed by atoms with van der Waals surface area (Å²) in [4.78, 5) is 2.43. The van der Waals surface area contributed by atoms with Crippen LogP contribution in [-0.4, -0.2) is 36.7 Å². The summed E-state index contributed by atoms with van der Waals surface area (Å²) < 4.78 is 5.76. The van der Waals surface area contributed by atoms with Gasteiger partial charge >= 0.3 is 0 Å². The van der Waals surface area contributed by atoms with Gasteiger partial charge in [-0.05, 0) is 25.5 Å². The van der Waals surface area contributed by atoms with Gasteiger partial charge in [0.25, 0.3) is 0 Å². The smallest absolute Gasteiger partial charge is 0.0678 e. The summed E-state index contributed by atoms with van der Waals surface area (Å²) in [5, 5.41) is 0. The quantitative estimate of drug-likeness (QED) is 0.819. The molecule has 0 bridgehead atoms. The SMILES string of the molecule is C[C@@H]1CN(Cc2ccccc2C#CCN)C[C@H](C)O1. The first-order chi connectivity index (χ1) is 9.19. The molecule has 1 aromatic carbocycles. The lowest BCUT2D eigenvalue weighted by Gasteiger charge is -2.35. The lowest BCUT2D eigenvalue weighted by molar-refractivity contribution is -0.0705. The number of benzene rings is 1. The number of morpholine rings is 1. The van der Waals surface area contributed by atoms with Crippen LogP contribution in [0.2, 0.25) is 0 Å². The molecule has 1 fully saturated rings. The first-order valence-electron chi connectivity index (χ1n) is 6.83. The minimum absolute atomic E-state index is 0.297. The summed E-state index contributed by atoms with van der Waals surface area (Å²) in [5.41, 5.74) is 7.80. The number of hydrogen-bond donors (Lipinski definition) is 1. The highest BCUT2D eigenvalue weighted by Crippen LogP contribution is 2.16. The van der Waals surface area contributed by atoms with Crippen LogP contribution in [-0.2, 0) is 11.3 Å². The van der Waals surface area contributed by atoms with Crippen molar-refractivity contribution in [1.29, 1.82) is 0 Å². The first kappa shape index (κ1) is 14.1. The molecule has 1 aliphatic heterocycles. The van der Waals surface area contributed by atoms with Crippen molar-refractivity contribution in [3.05, 3.63) is 35.4 Å². The van der Waals surface area contributed by atoms with E-state index in [0.29, 0.717) is 18.8 Å². The summed E-state index contributed by atoms with van der Waals surface area (Å²) in [6.07, 6.45) is 0.595. The Kier molecular flexibility index (Phi) is 4.98. The second kappa shape index (κ2) is 6.72. The van der Waals surface area contributed by atoms with Crippen molar-refractivity contribution in [2.24, 2.45) is 5.73 Å². The van der Waals surface area contributed by atoms with E-state index in [2.05, 4.69) is 48.8 Å². The summed E-state index contributed by atoms with van der Waals surface area (Å²) in [5.74, 6) is 6.09. The first-order valence-corrected chi connectivity index (χ1v) is 6.83. The molecular formula is C16H22N2O. The predicted molar refractivity (Wildman–Crippen MR) is 77.7 cm³/mol. The Morgan fingerprint density at radius 1 is 1.26 bits per heavy atom. The lowest BCUT2D eigenvalue weighted by atomic mass is 10.1. The van der Waals surface area contributed by atoms with Crippen LogP contribution in [0.5, 0.6) is 0 Å². The highest BCUT2D eigenvalue weighted by Gasteiger charge is 2.22. The van der Waals surface area contributed by atoms with Crippen molar-refractivity contribution in [1.82, 2.24) is 4.90 Å². The van der Waals surface area contributed by atoms with Crippen LogP contribution < -0.4 is 5.73 Å². The normalized spacial score (nSPS) is 23.7. The van der Waals surface area contributed by atoms with Gasteiger partial charge in [0.15, 0.2) is 0 Å².